The molecule has 106 valence electrons. The van der Waals surface area contributed by atoms with Gasteiger partial charge in [0.2, 0.25) is 0 Å². The molecule has 1 fully saturated rings. The van der Waals surface area contributed by atoms with Crippen LogP contribution in [0.4, 0.5) is 0 Å². The molecule has 1 aliphatic carbocycles. The lowest BCUT2D eigenvalue weighted by Gasteiger charge is -2.17. The summed E-state index contributed by atoms with van der Waals surface area (Å²) < 4.78 is 1.62. The van der Waals surface area contributed by atoms with Crippen LogP contribution in [-0.4, -0.2) is 16.5 Å². The van der Waals surface area contributed by atoms with E-state index in [1.807, 2.05) is 37.3 Å². The molecule has 0 saturated heterocycles. The number of pyridine rings is 1. The monoisotopic (exact) mass is 270 g/mol. The number of carbonyl (C=O) groups excluding carboxylic acids is 1. The minimum absolute atomic E-state index is 0.0572. The zero-order chi connectivity index (χ0) is 14.2. The molecule has 0 aliphatic heterocycles. The third-order valence-corrected chi connectivity index (χ3v) is 3.51. The lowest BCUT2D eigenvalue weighted by Crippen LogP contribution is -2.27. The van der Waals surface area contributed by atoms with E-state index < -0.39 is 0 Å². The van der Waals surface area contributed by atoms with Crippen LogP contribution in [0.1, 0.15) is 43.8 Å². The van der Waals surface area contributed by atoms with Crippen molar-refractivity contribution in [1.29, 1.82) is 0 Å². The van der Waals surface area contributed by atoms with Crippen LogP contribution < -0.4 is 5.49 Å². The first kappa shape index (κ1) is 14.5. The molecule has 0 unspecified atom stereocenters. The van der Waals surface area contributed by atoms with E-state index in [0.29, 0.717) is 6.04 Å². The Bertz CT molecular complexity index is 560. The Labute approximate surface area is 120 Å². The molecule has 0 amide bonds. The molecule has 3 heteroatoms. The van der Waals surface area contributed by atoms with E-state index in [2.05, 4.69) is 0 Å². The van der Waals surface area contributed by atoms with Crippen molar-refractivity contribution in [2.45, 2.75) is 45.1 Å². The first-order valence-corrected chi connectivity index (χ1v) is 7.36. The summed E-state index contributed by atoms with van der Waals surface area (Å²) in [5.74, 6) is -0.0572. The molecule has 0 aromatic carbocycles. The van der Waals surface area contributed by atoms with Gasteiger partial charge in [0.25, 0.3) is 5.91 Å². The number of allylic oxidation sites excluding steroid dienone is 4. The Kier molecular flexibility index (Phi) is 5.54. The maximum atomic E-state index is 12.2. The Balaban J connectivity index is 2.25. The summed E-state index contributed by atoms with van der Waals surface area (Å²) in [7, 11) is 0. The molecule has 2 rings (SSSR count). The van der Waals surface area contributed by atoms with Gasteiger partial charge in [-0.05, 0) is 31.9 Å². The summed E-state index contributed by atoms with van der Waals surface area (Å²) in [5, 5.41) is 0. The second-order valence-corrected chi connectivity index (χ2v) is 5.07. The molecule has 0 N–H and O–H groups in total. The topological polar surface area (TPSA) is 34.4 Å². The van der Waals surface area contributed by atoms with Crippen molar-refractivity contribution >= 4 is 5.91 Å². The van der Waals surface area contributed by atoms with Crippen LogP contribution in [0.2, 0.25) is 0 Å². The fourth-order valence-electron chi connectivity index (χ4n) is 2.45. The van der Waals surface area contributed by atoms with E-state index in [4.69, 9.17) is 4.99 Å². The quantitative estimate of drug-likeness (QED) is 0.611. The van der Waals surface area contributed by atoms with Crippen molar-refractivity contribution in [3.63, 3.8) is 0 Å². The fourth-order valence-corrected chi connectivity index (χ4v) is 2.45. The van der Waals surface area contributed by atoms with E-state index >= 15 is 0 Å². The highest BCUT2D eigenvalue weighted by Gasteiger charge is 2.12. The van der Waals surface area contributed by atoms with Crippen molar-refractivity contribution in [1.82, 2.24) is 4.57 Å². The number of hydrogen-bond acceptors (Lipinski definition) is 2. The zero-order valence-corrected chi connectivity index (χ0v) is 12.0. The van der Waals surface area contributed by atoms with Crippen molar-refractivity contribution in [2.24, 2.45) is 4.99 Å². The minimum Gasteiger partial charge on any atom is -0.269 e. The van der Waals surface area contributed by atoms with Gasteiger partial charge in [0, 0.05) is 12.3 Å². The second kappa shape index (κ2) is 7.63. The van der Waals surface area contributed by atoms with E-state index in [-0.39, 0.29) is 5.91 Å². The number of carbonyl (C=O) groups is 1. The molecule has 1 aromatic rings. The molecule has 3 nitrogen and oxygen atoms in total. The number of aromatic nitrogens is 1. The highest BCUT2D eigenvalue weighted by molar-refractivity contribution is 5.89. The highest BCUT2D eigenvalue weighted by atomic mass is 16.1. The summed E-state index contributed by atoms with van der Waals surface area (Å²) in [5.41, 5.74) is 0.759. The maximum Gasteiger partial charge on any atom is 0.256 e. The summed E-state index contributed by atoms with van der Waals surface area (Å²) in [4.78, 5) is 16.9. The van der Waals surface area contributed by atoms with E-state index in [1.54, 1.807) is 22.9 Å². The average molecular weight is 270 g/mol. The zero-order valence-electron chi connectivity index (χ0n) is 12.0. The number of rotatable bonds is 3. The predicted octanol–water partition coefficient (Wildman–Crippen LogP) is 3.49. The third kappa shape index (κ3) is 4.05. The Morgan fingerprint density at radius 2 is 2.05 bits per heavy atom. The largest absolute Gasteiger partial charge is 0.269 e. The van der Waals surface area contributed by atoms with Gasteiger partial charge >= 0.3 is 0 Å². The molecular weight excluding hydrogens is 248 g/mol. The van der Waals surface area contributed by atoms with Crippen molar-refractivity contribution in [2.75, 3.05) is 0 Å². The molecule has 0 bridgehead atoms. The normalized spacial score (nSPS) is 18.1. The van der Waals surface area contributed by atoms with Crippen molar-refractivity contribution in [3.8, 4) is 0 Å². The maximum absolute atomic E-state index is 12.2. The highest BCUT2D eigenvalue weighted by Crippen LogP contribution is 2.19. The van der Waals surface area contributed by atoms with Gasteiger partial charge in [0.15, 0.2) is 0 Å². The Hall–Kier alpha value is -1.90. The minimum atomic E-state index is -0.0572. The Morgan fingerprint density at radius 3 is 2.80 bits per heavy atom. The molecule has 1 saturated carbocycles. The number of nitrogens with zero attached hydrogens (tertiary/aromatic N) is 2. The second-order valence-electron chi connectivity index (χ2n) is 5.07. The van der Waals surface area contributed by atoms with Gasteiger partial charge in [-0.25, -0.2) is 0 Å². The third-order valence-electron chi connectivity index (χ3n) is 3.51. The fraction of sp³-hybridized carbons (Fsp3) is 0.412. The summed E-state index contributed by atoms with van der Waals surface area (Å²) in [6, 6.07) is 6.07. The standard InChI is InChI=1S/C17H22N2O/c1-2-3-5-13-17(20)19-14-9-8-12-16(19)18-15-10-6-4-7-11-15/h2-3,5,8-9,12-15H,4,6-7,10-11H2,1H3/b3-2+,13-5+,18-16?. The lowest BCUT2D eigenvalue weighted by atomic mass is 9.96. The number of hydrogen-bond donors (Lipinski definition) is 0. The van der Waals surface area contributed by atoms with Gasteiger partial charge in [-0.1, -0.05) is 43.6 Å². The molecular formula is C17H22N2O. The molecule has 1 aliphatic rings. The molecule has 0 atom stereocenters. The van der Waals surface area contributed by atoms with E-state index in [9.17, 15) is 4.79 Å². The van der Waals surface area contributed by atoms with Crippen molar-refractivity contribution < 1.29 is 4.79 Å². The summed E-state index contributed by atoms with van der Waals surface area (Å²) in [6.07, 6.45) is 14.9. The lowest BCUT2D eigenvalue weighted by molar-refractivity contribution is 0.0963. The van der Waals surface area contributed by atoms with Gasteiger partial charge in [-0.3, -0.25) is 14.4 Å². The SMILES string of the molecule is C/C=C/C=C/C(=O)n1ccccc1=NC1CCCCC1. The van der Waals surface area contributed by atoms with E-state index in [0.717, 1.165) is 18.3 Å². The van der Waals surface area contributed by atoms with Gasteiger partial charge < -0.3 is 0 Å². The summed E-state index contributed by atoms with van der Waals surface area (Å²) >= 11 is 0. The van der Waals surface area contributed by atoms with Crippen LogP contribution in [0.3, 0.4) is 0 Å². The van der Waals surface area contributed by atoms with Crippen LogP contribution in [0.15, 0.2) is 53.7 Å². The van der Waals surface area contributed by atoms with Gasteiger partial charge in [-0.2, -0.15) is 0 Å². The first-order chi connectivity index (χ1) is 9.81. The molecule has 0 radical (unpaired) electrons. The van der Waals surface area contributed by atoms with Crippen LogP contribution in [0.25, 0.3) is 0 Å². The Morgan fingerprint density at radius 1 is 1.25 bits per heavy atom. The van der Waals surface area contributed by atoms with Crippen LogP contribution in [0.5, 0.6) is 0 Å². The van der Waals surface area contributed by atoms with Crippen molar-refractivity contribution in [3.05, 3.63) is 54.2 Å². The van der Waals surface area contributed by atoms with Crippen LogP contribution in [0, 0.1) is 0 Å². The van der Waals surface area contributed by atoms with Gasteiger partial charge in [0.1, 0.15) is 5.49 Å². The predicted molar refractivity (Wildman–Crippen MR) is 81.4 cm³/mol. The smallest absolute Gasteiger partial charge is 0.256 e. The first-order valence-electron chi connectivity index (χ1n) is 7.36. The summed E-state index contributed by atoms with van der Waals surface area (Å²) in [6.45, 7) is 1.92. The average Bonchev–Trinajstić information content (AvgIpc) is 2.49. The molecule has 20 heavy (non-hydrogen) atoms. The van der Waals surface area contributed by atoms with Crippen LogP contribution >= 0.6 is 0 Å². The molecule has 1 aromatic heterocycles. The van der Waals surface area contributed by atoms with Gasteiger partial charge in [-0.15, -0.1) is 0 Å². The van der Waals surface area contributed by atoms with Gasteiger partial charge in [0.05, 0.1) is 6.04 Å². The van der Waals surface area contributed by atoms with Crippen LogP contribution in [-0.2, 0) is 0 Å². The van der Waals surface area contributed by atoms with E-state index in [1.165, 1.54) is 19.3 Å². The molecule has 1 heterocycles. The molecule has 0 spiro atoms.